The number of ether oxygens (including phenoxy) is 6. The van der Waals surface area contributed by atoms with Crippen molar-refractivity contribution >= 4 is 36.2 Å². The Morgan fingerprint density at radius 1 is 0.960 bits per heavy atom. The monoisotopic (exact) mass is 702 g/mol. The van der Waals surface area contributed by atoms with Crippen molar-refractivity contribution in [3.8, 4) is 5.75 Å². The highest BCUT2D eigenvalue weighted by molar-refractivity contribution is 6.03. The molecule has 3 amide bonds. The van der Waals surface area contributed by atoms with E-state index >= 15 is 0 Å². The highest BCUT2D eigenvalue weighted by Gasteiger charge is 2.68. The Morgan fingerprint density at radius 2 is 1.58 bits per heavy atom. The highest BCUT2D eigenvalue weighted by Crippen LogP contribution is 2.44. The van der Waals surface area contributed by atoms with Crippen LogP contribution < -0.4 is 15.4 Å². The molecule has 2 fully saturated rings. The van der Waals surface area contributed by atoms with Crippen LogP contribution in [-0.2, 0) is 35.1 Å². The minimum absolute atomic E-state index is 0.00360. The molecule has 276 valence electrons. The lowest BCUT2D eigenvalue weighted by Crippen LogP contribution is -2.78. The smallest absolute Gasteiger partial charge is 0.437 e. The fraction of sp³-hybridized carbons (Fsp3) is 0.647. The van der Waals surface area contributed by atoms with Crippen LogP contribution in [0.15, 0.2) is 34.3 Å². The molecule has 0 saturated carbocycles. The van der Waals surface area contributed by atoms with Gasteiger partial charge in [-0.2, -0.15) is 0 Å². The molecular weight excluding hydrogens is 652 g/mol. The summed E-state index contributed by atoms with van der Waals surface area (Å²) in [5.74, 6) is -0.0149. The van der Waals surface area contributed by atoms with Gasteiger partial charge in [0.25, 0.3) is 0 Å². The molecule has 3 aliphatic heterocycles. The van der Waals surface area contributed by atoms with E-state index in [1.807, 2.05) is 12.1 Å². The van der Waals surface area contributed by atoms with E-state index < -0.39 is 64.9 Å². The zero-order chi connectivity index (χ0) is 37.2. The minimum Gasteiger partial charge on any atom is -0.497 e. The second kappa shape index (κ2) is 14.3. The number of methoxy groups -OCH3 is 1. The molecule has 1 spiro atoms. The van der Waals surface area contributed by atoms with E-state index in [4.69, 9.17) is 33.4 Å². The Morgan fingerprint density at radius 3 is 2.14 bits per heavy atom. The predicted octanol–water partition coefficient (Wildman–Crippen LogP) is 4.31. The van der Waals surface area contributed by atoms with Crippen LogP contribution in [0.5, 0.6) is 5.75 Å². The van der Waals surface area contributed by atoms with E-state index in [0.717, 1.165) is 5.56 Å². The number of hydrogen-bond donors (Lipinski definition) is 2. The standard InChI is InChI=1S/C34H50N6O10/c1-20(41)47-24-16-17-39-27(37-29(43)49-32(5,6)7)40(30(44)50-33(8,9)10)23(19-46-18-21-12-14-22(45-11)15-13-21)25-34(24,39)38-26(35-25)36-28(42)48-31(2,3)4/h12-15,23-25H,16-19H2,1-11H3,(H2,35,36,38,42)/b37-27+/t23-,24-,25-,34+/m0/s1. The number of alkyl carbamates (subject to hydrolysis) is 1. The van der Waals surface area contributed by atoms with Crippen LogP contribution in [0.2, 0.25) is 0 Å². The van der Waals surface area contributed by atoms with E-state index in [2.05, 4.69) is 15.6 Å². The first-order valence-electron chi connectivity index (χ1n) is 16.5. The number of hydrogen-bond acceptors (Lipinski definition) is 12. The Balaban J connectivity index is 1.86. The number of rotatable bonds is 6. The molecule has 1 aromatic carbocycles. The fourth-order valence-corrected chi connectivity index (χ4v) is 5.93. The van der Waals surface area contributed by atoms with E-state index in [1.165, 1.54) is 11.8 Å². The van der Waals surface area contributed by atoms with E-state index in [9.17, 15) is 19.2 Å². The van der Waals surface area contributed by atoms with E-state index in [0.29, 0.717) is 5.75 Å². The number of guanidine groups is 2. The van der Waals surface area contributed by atoms with Crippen molar-refractivity contribution < 1.29 is 47.6 Å². The van der Waals surface area contributed by atoms with Crippen molar-refractivity contribution in [1.29, 1.82) is 0 Å². The van der Waals surface area contributed by atoms with Crippen LogP contribution in [0.4, 0.5) is 14.4 Å². The van der Waals surface area contributed by atoms with Gasteiger partial charge in [-0.1, -0.05) is 12.1 Å². The van der Waals surface area contributed by atoms with Gasteiger partial charge < -0.3 is 38.6 Å². The first-order valence-corrected chi connectivity index (χ1v) is 16.5. The molecule has 16 nitrogen and oxygen atoms in total. The Hall–Kier alpha value is -4.60. The molecule has 3 aliphatic rings. The summed E-state index contributed by atoms with van der Waals surface area (Å²) in [6.45, 7) is 16.8. The van der Waals surface area contributed by atoms with E-state index in [-0.39, 0.29) is 38.1 Å². The normalized spacial score (nSPS) is 24.0. The van der Waals surface area contributed by atoms with Gasteiger partial charge in [0.15, 0.2) is 5.66 Å². The zero-order valence-electron chi connectivity index (χ0n) is 30.7. The summed E-state index contributed by atoms with van der Waals surface area (Å²) in [6, 6.07) is 5.31. The van der Waals surface area contributed by atoms with Gasteiger partial charge in [-0.25, -0.2) is 24.3 Å². The summed E-state index contributed by atoms with van der Waals surface area (Å²) in [5, 5.41) is 5.90. The average Bonchev–Trinajstić information content (AvgIpc) is 3.49. The molecule has 4 rings (SSSR count). The van der Waals surface area contributed by atoms with Crippen molar-refractivity contribution in [2.24, 2.45) is 9.98 Å². The Bertz CT molecular complexity index is 1510. The highest BCUT2D eigenvalue weighted by atomic mass is 16.6. The zero-order valence-corrected chi connectivity index (χ0v) is 30.7. The summed E-state index contributed by atoms with van der Waals surface area (Å²) in [7, 11) is 1.57. The molecule has 2 N–H and O–H groups in total. The van der Waals surface area contributed by atoms with Crippen molar-refractivity contribution in [1.82, 2.24) is 20.4 Å². The van der Waals surface area contributed by atoms with Gasteiger partial charge in [-0.3, -0.25) is 10.1 Å². The van der Waals surface area contributed by atoms with Crippen LogP contribution in [0.3, 0.4) is 0 Å². The summed E-state index contributed by atoms with van der Waals surface area (Å²) in [4.78, 5) is 65.0. The van der Waals surface area contributed by atoms with Gasteiger partial charge in [0.05, 0.1) is 26.4 Å². The molecule has 50 heavy (non-hydrogen) atoms. The molecule has 3 heterocycles. The van der Waals surface area contributed by atoms with Gasteiger partial charge in [0, 0.05) is 19.9 Å². The third-order valence-corrected chi connectivity index (χ3v) is 7.56. The lowest BCUT2D eigenvalue weighted by molar-refractivity contribution is -0.153. The van der Waals surface area contributed by atoms with Gasteiger partial charge >= 0.3 is 24.2 Å². The minimum atomic E-state index is -1.43. The van der Waals surface area contributed by atoms with Crippen LogP contribution in [0, 0.1) is 0 Å². The summed E-state index contributed by atoms with van der Waals surface area (Å²) < 4.78 is 34.2. The van der Waals surface area contributed by atoms with Crippen molar-refractivity contribution in [2.75, 3.05) is 20.3 Å². The maximum atomic E-state index is 14.2. The lowest BCUT2D eigenvalue weighted by Gasteiger charge is -2.53. The van der Waals surface area contributed by atoms with Gasteiger partial charge in [-0.15, -0.1) is 4.99 Å². The Kier molecular flexibility index (Phi) is 10.9. The average molecular weight is 703 g/mol. The van der Waals surface area contributed by atoms with Crippen molar-refractivity contribution in [3.63, 3.8) is 0 Å². The number of carbonyl (C=O) groups excluding carboxylic acids is 4. The molecular formula is C34H50N6O10. The number of nitrogens with zero attached hydrogens (tertiary/aromatic N) is 4. The summed E-state index contributed by atoms with van der Waals surface area (Å²) in [6.07, 6.45) is -3.19. The third kappa shape index (κ3) is 9.14. The summed E-state index contributed by atoms with van der Waals surface area (Å²) in [5.41, 5.74) is -3.26. The van der Waals surface area contributed by atoms with Crippen molar-refractivity contribution in [2.45, 2.75) is 123 Å². The van der Waals surface area contributed by atoms with Gasteiger partial charge in [-0.05, 0) is 80.0 Å². The maximum Gasteiger partial charge on any atom is 0.437 e. The van der Waals surface area contributed by atoms with Gasteiger partial charge in [0.1, 0.15) is 34.7 Å². The second-order valence-electron chi connectivity index (χ2n) is 15.2. The van der Waals surface area contributed by atoms with Crippen LogP contribution in [0.25, 0.3) is 0 Å². The SMILES string of the molecule is COc1ccc(COC[C@H]2[C@@H]3N=C(NC(=O)OC(C)(C)C)N[C@@]34[C@@H](OC(C)=O)CCN4/C(=N\C(=O)OC(C)(C)C)N2C(=O)OC(C)(C)C)cc1. The largest absolute Gasteiger partial charge is 0.497 e. The molecule has 4 atom stereocenters. The number of benzene rings is 1. The lowest BCUT2D eigenvalue weighted by atomic mass is 9.87. The van der Waals surface area contributed by atoms with Crippen LogP contribution >= 0.6 is 0 Å². The molecule has 0 radical (unpaired) electrons. The van der Waals surface area contributed by atoms with Crippen LogP contribution in [-0.4, -0.2) is 107 Å². The molecule has 0 aromatic heterocycles. The quantitative estimate of drug-likeness (QED) is 0.318. The first-order chi connectivity index (χ1) is 23.1. The number of esters is 1. The number of amides is 3. The second-order valence-corrected chi connectivity index (χ2v) is 15.2. The molecule has 0 unspecified atom stereocenters. The maximum absolute atomic E-state index is 14.2. The van der Waals surface area contributed by atoms with Gasteiger partial charge in [0.2, 0.25) is 11.9 Å². The van der Waals surface area contributed by atoms with Crippen molar-refractivity contribution in [3.05, 3.63) is 29.8 Å². The number of nitrogens with one attached hydrogen (secondary N) is 2. The first kappa shape index (κ1) is 38.2. The molecule has 0 bridgehead atoms. The predicted molar refractivity (Wildman–Crippen MR) is 182 cm³/mol. The summed E-state index contributed by atoms with van der Waals surface area (Å²) >= 11 is 0. The molecule has 1 aromatic rings. The fourth-order valence-electron chi connectivity index (χ4n) is 5.93. The van der Waals surface area contributed by atoms with E-state index in [1.54, 1.807) is 86.5 Å². The number of aliphatic imine (C=N–C) groups is 2. The topological polar surface area (TPSA) is 179 Å². The molecule has 16 heteroatoms. The van der Waals surface area contributed by atoms with Crippen LogP contribution in [0.1, 0.15) is 81.2 Å². The number of carbonyl (C=O) groups is 4. The molecule has 2 saturated heterocycles. The Labute approximate surface area is 292 Å². The third-order valence-electron chi connectivity index (χ3n) is 7.56. The molecule has 0 aliphatic carbocycles.